The molecule has 130 valence electrons. The molecule has 0 bridgehead atoms. The number of carboxylic acid groups (broad SMARTS) is 1. The molecule has 2 aromatic heterocycles. The standard InChI is InChI=1S/C16H16ClN5O3/c1-16(2,21-22-18)12-6-20-14(11-5-19-13(17)4-10(11)12)25-7-8-3-9(8)15(23)24/h4-6,8-9H,3,7H2,1-2H3,(H,23,24)/t8?,9-/m0/s1. The van der Waals surface area contributed by atoms with Crippen LogP contribution in [0.2, 0.25) is 5.15 Å². The summed E-state index contributed by atoms with van der Waals surface area (Å²) in [6, 6.07) is 1.67. The van der Waals surface area contributed by atoms with E-state index in [9.17, 15) is 4.79 Å². The van der Waals surface area contributed by atoms with E-state index in [4.69, 9.17) is 27.0 Å². The van der Waals surface area contributed by atoms with Gasteiger partial charge in [-0.2, -0.15) is 0 Å². The number of rotatable bonds is 6. The molecule has 1 saturated carbocycles. The van der Waals surface area contributed by atoms with Gasteiger partial charge < -0.3 is 9.84 Å². The second-order valence-electron chi connectivity index (χ2n) is 6.53. The highest BCUT2D eigenvalue weighted by molar-refractivity contribution is 6.30. The summed E-state index contributed by atoms with van der Waals surface area (Å²) in [7, 11) is 0. The van der Waals surface area contributed by atoms with Gasteiger partial charge in [-0.3, -0.25) is 4.79 Å². The first-order valence-corrected chi connectivity index (χ1v) is 8.08. The molecule has 1 fully saturated rings. The van der Waals surface area contributed by atoms with E-state index in [1.807, 2.05) is 0 Å². The van der Waals surface area contributed by atoms with E-state index in [-0.39, 0.29) is 18.4 Å². The van der Waals surface area contributed by atoms with Crippen molar-refractivity contribution in [2.45, 2.75) is 25.8 Å². The summed E-state index contributed by atoms with van der Waals surface area (Å²) < 4.78 is 5.73. The number of hydrogen-bond acceptors (Lipinski definition) is 5. The van der Waals surface area contributed by atoms with Crippen molar-refractivity contribution in [1.82, 2.24) is 9.97 Å². The first kappa shape index (κ1) is 17.3. The van der Waals surface area contributed by atoms with Crippen molar-refractivity contribution in [3.8, 4) is 5.88 Å². The first-order valence-electron chi connectivity index (χ1n) is 7.70. The summed E-state index contributed by atoms with van der Waals surface area (Å²) in [5.74, 6) is -0.794. The van der Waals surface area contributed by atoms with Crippen LogP contribution in [-0.2, 0) is 10.3 Å². The topological polar surface area (TPSA) is 121 Å². The molecule has 2 atom stereocenters. The van der Waals surface area contributed by atoms with Crippen LogP contribution in [0, 0.1) is 11.8 Å². The fourth-order valence-corrected chi connectivity index (χ4v) is 2.93. The summed E-state index contributed by atoms with van der Waals surface area (Å²) in [5.41, 5.74) is 8.67. The van der Waals surface area contributed by atoms with Crippen molar-refractivity contribution >= 4 is 28.3 Å². The number of carbonyl (C=O) groups is 1. The van der Waals surface area contributed by atoms with Crippen LogP contribution in [0.15, 0.2) is 23.6 Å². The van der Waals surface area contributed by atoms with Crippen LogP contribution in [0.25, 0.3) is 21.2 Å². The number of nitrogens with zero attached hydrogens (tertiary/aromatic N) is 5. The number of ether oxygens (including phenoxy) is 1. The Labute approximate surface area is 148 Å². The van der Waals surface area contributed by atoms with Crippen LogP contribution in [0.1, 0.15) is 25.8 Å². The maximum Gasteiger partial charge on any atom is 0.306 e. The molecule has 0 spiro atoms. The third-order valence-electron chi connectivity index (χ3n) is 4.33. The normalized spacial score (nSPS) is 19.3. The van der Waals surface area contributed by atoms with Gasteiger partial charge in [0.15, 0.2) is 0 Å². The zero-order valence-corrected chi connectivity index (χ0v) is 14.4. The maximum absolute atomic E-state index is 10.9. The van der Waals surface area contributed by atoms with Gasteiger partial charge in [-0.15, -0.1) is 0 Å². The Balaban J connectivity index is 1.96. The molecular formula is C16H16ClN5O3. The first-order chi connectivity index (χ1) is 11.8. The molecule has 9 heteroatoms. The molecule has 0 aromatic carbocycles. The average molecular weight is 362 g/mol. The molecule has 25 heavy (non-hydrogen) atoms. The number of halogens is 1. The lowest BCUT2D eigenvalue weighted by molar-refractivity contribution is -0.138. The predicted octanol–water partition coefficient (Wildman–Crippen LogP) is 3.93. The number of azide groups is 1. The zero-order chi connectivity index (χ0) is 18.2. The number of aliphatic carboxylic acids is 1. The van der Waals surface area contributed by atoms with Crippen LogP contribution in [0.4, 0.5) is 0 Å². The molecule has 8 nitrogen and oxygen atoms in total. The quantitative estimate of drug-likeness (QED) is 0.361. The van der Waals surface area contributed by atoms with E-state index >= 15 is 0 Å². The highest BCUT2D eigenvalue weighted by Gasteiger charge is 2.43. The molecule has 2 aromatic rings. The molecule has 1 N–H and O–H groups in total. The van der Waals surface area contributed by atoms with Crippen molar-refractivity contribution in [2.75, 3.05) is 6.61 Å². The lowest BCUT2D eigenvalue weighted by atomic mass is 9.93. The molecule has 1 aliphatic rings. The SMILES string of the molecule is CC(C)(N=[N+]=[N-])c1cnc(OCC2C[C@@H]2C(=O)O)c2cnc(Cl)cc12. The molecular weight excluding hydrogens is 346 g/mol. The van der Waals surface area contributed by atoms with Crippen molar-refractivity contribution in [3.05, 3.63) is 39.6 Å². The fourth-order valence-electron chi connectivity index (χ4n) is 2.77. The van der Waals surface area contributed by atoms with E-state index in [0.29, 0.717) is 28.4 Å². The van der Waals surface area contributed by atoms with Crippen LogP contribution >= 0.6 is 11.6 Å². The van der Waals surface area contributed by atoms with E-state index in [1.54, 1.807) is 32.3 Å². The molecule has 0 aliphatic heterocycles. The van der Waals surface area contributed by atoms with Gasteiger partial charge in [0.2, 0.25) is 5.88 Å². The number of fused-ring (bicyclic) bond motifs is 1. The Morgan fingerprint density at radius 3 is 2.88 bits per heavy atom. The molecule has 3 rings (SSSR count). The Hall–Kier alpha value is -2.57. The molecule has 1 aliphatic carbocycles. The molecule has 1 unspecified atom stereocenters. The van der Waals surface area contributed by atoms with Crippen molar-refractivity contribution in [3.63, 3.8) is 0 Å². The van der Waals surface area contributed by atoms with Gasteiger partial charge in [0.05, 0.1) is 23.4 Å². The van der Waals surface area contributed by atoms with Gasteiger partial charge in [0, 0.05) is 23.2 Å². The van der Waals surface area contributed by atoms with Crippen molar-refractivity contribution < 1.29 is 14.6 Å². The summed E-state index contributed by atoms with van der Waals surface area (Å²) in [6.07, 6.45) is 3.75. The van der Waals surface area contributed by atoms with Crippen LogP contribution in [0.5, 0.6) is 5.88 Å². The van der Waals surface area contributed by atoms with Crippen molar-refractivity contribution in [2.24, 2.45) is 17.0 Å². The average Bonchev–Trinajstić information content (AvgIpc) is 3.32. The number of carboxylic acids is 1. The lowest BCUT2D eigenvalue weighted by Crippen LogP contribution is -2.15. The Bertz CT molecular complexity index is 895. The Morgan fingerprint density at radius 2 is 2.24 bits per heavy atom. The molecule has 0 amide bonds. The lowest BCUT2D eigenvalue weighted by Gasteiger charge is -2.21. The highest BCUT2D eigenvalue weighted by Crippen LogP contribution is 2.40. The highest BCUT2D eigenvalue weighted by atomic mass is 35.5. The second-order valence-corrected chi connectivity index (χ2v) is 6.92. The summed E-state index contributed by atoms with van der Waals surface area (Å²) >= 11 is 6.02. The van der Waals surface area contributed by atoms with Gasteiger partial charge in [-0.05, 0) is 29.0 Å². The minimum absolute atomic E-state index is 0.00563. The van der Waals surface area contributed by atoms with Gasteiger partial charge >= 0.3 is 5.97 Å². The third kappa shape index (κ3) is 3.45. The largest absolute Gasteiger partial charge is 0.481 e. The summed E-state index contributed by atoms with van der Waals surface area (Å²) in [5, 5.41) is 14.5. The van der Waals surface area contributed by atoms with Gasteiger partial charge in [0.1, 0.15) is 5.15 Å². The predicted molar refractivity (Wildman–Crippen MR) is 91.4 cm³/mol. The van der Waals surface area contributed by atoms with Crippen LogP contribution in [0.3, 0.4) is 0 Å². The fraction of sp³-hybridized carbons (Fsp3) is 0.438. The Kier molecular flexibility index (Phi) is 4.41. The van der Waals surface area contributed by atoms with E-state index in [0.717, 1.165) is 5.39 Å². The summed E-state index contributed by atoms with van der Waals surface area (Å²) in [6.45, 7) is 3.83. The van der Waals surface area contributed by atoms with Gasteiger partial charge in [-0.25, -0.2) is 9.97 Å². The van der Waals surface area contributed by atoms with E-state index in [2.05, 4.69) is 20.0 Å². The molecule has 0 saturated heterocycles. The minimum atomic E-state index is -0.825. The van der Waals surface area contributed by atoms with E-state index in [1.165, 1.54) is 0 Å². The maximum atomic E-state index is 10.9. The smallest absolute Gasteiger partial charge is 0.306 e. The molecule has 0 radical (unpaired) electrons. The van der Waals surface area contributed by atoms with Gasteiger partial charge in [0.25, 0.3) is 0 Å². The monoisotopic (exact) mass is 361 g/mol. The number of hydrogen-bond donors (Lipinski definition) is 1. The summed E-state index contributed by atoms with van der Waals surface area (Å²) in [4.78, 5) is 22.2. The Morgan fingerprint density at radius 1 is 1.48 bits per heavy atom. The van der Waals surface area contributed by atoms with Crippen LogP contribution < -0.4 is 4.74 Å². The van der Waals surface area contributed by atoms with E-state index < -0.39 is 11.5 Å². The number of aromatic nitrogens is 2. The molecule has 2 heterocycles. The number of pyridine rings is 2. The van der Waals surface area contributed by atoms with Gasteiger partial charge in [-0.1, -0.05) is 30.6 Å². The minimum Gasteiger partial charge on any atom is -0.481 e. The zero-order valence-electron chi connectivity index (χ0n) is 13.7. The second kappa shape index (κ2) is 6.38. The van der Waals surface area contributed by atoms with Crippen molar-refractivity contribution in [1.29, 1.82) is 0 Å². The third-order valence-corrected chi connectivity index (χ3v) is 4.54. The van der Waals surface area contributed by atoms with Crippen LogP contribution in [-0.4, -0.2) is 27.7 Å².